The number of carbonyl (C=O) groups is 1. The number of hydrogen-bond donors (Lipinski definition) is 0. The number of unbranched alkanes of at least 4 members (excludes halogenated alkanes) is 1. The van der Waals surface area contributed by atoms with Crippen LogP contribution in [0.15, 0.2) is 0 Å². The Morgan fingerprint density at radius 1 is 1.32 bits per heavy atom. The van der Waals surface area contributed by atoms with Crippen LogP contribution in [0.25, 0.3) is 5.13 Å². The largest absolute Gasteiger partial charge is 0.296 e. The normalized spacial score (nSPS) is 11.2. The fraction of sp³-hybridized carbons (Fsp3) is 0.583. The van der Waals surface area contributed by atoms with E-state index in [1.54, 1.807) is 4.68 Å². The minimum absolute atomic E-state index is 0.333. The van der Waals surface area contributed by atoms with Gasteiger partial charge in [-0.15, -0.1) is 15.3 Å². The molecule has 0 spiro atoms. The number of hydrogen-bond acceptors (Lipinski definition) is 6. The lowest BCUT2D eigenvalue weighted by atomic mass is 10.2. The Hall–Kier alpha value is -1.63. The molecule has 102 valence electrons. The average Bonchev–Trinajstić information content (AvgIpc) is 3.02. The van der Waals surface area contributed by atoms with Crippen LogP contribution in [0.5, 0.6) is 0 Å². The molecule has 0 aliphatic carbocycles. The maximum absolute atomic E-state index is 11.0. The van der Waals surface area contributed by atoms with E-state index in [0.717, 1.165) is 36.3 Å². The third-order valence-corrected chi connectivity index (χ3v) is 3.98. The quantitative estimate of drug-likeness (QED) is 0.759. The van der Waals surface area contributed by atoms with Crippen LogP contribution in [0.4, 0.5) is 0 Å². The lowest BCUT2D eigenvalue weighted by molar-refractivity contribution is 0.111. The zero-order chi connectivity index (χ0) is 13.8. The Labute approximate surface area is 115 Å². The first-order valence-electron chi connectivity index (χ1n) is 6.40. The van der Waals surface area contributed by atoms with Gasteiger partial charge >= 0.3 is 0 Å². The van der Waals surface area contributed by atoms with Crippen molar-refractivity contribution in [3.63, 3.8) is 0 Å². The predicted molar refractivity (Wildman–Crippen MR) is 72.9 cm³/mol. The Balaban J connectivity index is 2.37. The van der Waals surface area contributed by atoms with Crippen LogP contribution in [-0.4, -0.2) is 31.5 Å². The molecule has 2 heterocycles. The lowest BCUT2D eigenvalue weighted by Crippen LogP contribution is -2.03. The molecule has 0 saturated heterocycles. The lowest BCUT2D eigenvalue weighted by Gasteiger charge is -2.01. The molecule has 0 unspecified atom stereocenters. The van der Waals surface area contributed by atoms with Crippen molar-refractivity contribution in [2.45, 2.75) is 46.0 Å². The van der Waals surface area contributed by atoms with Crippen LogP contribution < -0.4 is 0 Å². The van der Waals surface area contributed by atoms with E-state index in [4.69, 9.17) is 0 Å². The highest BCUT2D eigenvalue weighted by molar-refractivity contribution is 7.13. The summed E-state index contributed by atoms with van der Waals surface area (Å²) in [5.74, 6) is 0.333. The van der Waals surface area contributed by atoms with Crippen LogP contribution in [0, 0.1) is 0 Å². The molecule has 0 radical (unpaired) electrons. The van der Waals surface area contributed by atoms with Crippen molar-refractivity contribution in [3.05, 3.63) is 16.4 Å². The van der Waals surface area contributed by atoms with E-state index >= 15 is 0 Å². The minimum atomic E-state index is 0.333. The van der Waals surface area contributed by atoms with Gasteiger partial charge in [-0.05, 0) is 12.8 Å². The van der Waals surface area contributed by atoms with E-state index in [9.17, 15) is 4.79 Å². The Bertz CT molecular complexity index is 560. The van der Waals surface area contributed by atoms with Gasteiger partial charge < -0.3 is 0 Å². The highest BCUT2D eigenvalue weighted by atomic mass is 32.1. The molecule has 0 atom stereocenters. The second-order valence-electron chi connectivity index (χ2n) is 4.63. The molecule has 7 heteroatoms. The van der Waals surface area contributed by atoms with Crippen molar-refractivity contribution >= 4 is 17.6 Å². The molecule has 0 fully saturated rings. The van der Waals surface area contributed by atoms with E-state index in [-0.39, 0.29) is 0 Å². The van der Waals surface area contributed by atoms with E-state index in [1.165, 1.54) is 11.3 Å². The van der Waals surface area contributed by atoms with Crippen LogP contribution in [0.2, 0.25) is 0 Å². The third-order valence-electron chi connectivity index (χ3n) is 2.78. The summed E-state index contributed by atoms with van der Waals surface area (Å²) >= 11 is 1.49. The molecule has 0 saturated carbocycles. The van der Waals surface area contributed by atoms with Crippen LogP contribution >= 0.6 is 11.3 Å². The Morgan fingerprint density at radius 3 is 2.68 bits per heavy atom. The molecule has 0 bridgehead atoms. The fourth-order valence-corrected chi connectivity index (χ4v) is 2.50. The second-order valence-corrected chi connectivity index (χ2v) is 5.62. The van der Waals surface area contributed by atoms with Gasteiger partial charge in [-0.25, -0.2) is 0 Å². The molecule has 6 nitrogen and oxygen atoms in total. The van der Waals surface area contributed by atoms with Gasteiger partial charge in [0.2, 0.25) is 5.13 Å². The summed E-state index contributed by atoms with van der Waals surface area (Å²) in [5.41, 5.74) is 1.22. The molecule has 19 heavy (non-hydrogen) atoms. The number of nitrogens with zero attached hydrogens (tertiary/aromatic N) is 5. The van der Waals surface area contributed by atoms with Crippen molar-refractivity contribution in [3.8, 4) is 5.13 Å². The molecule has 0 aromatic carbocycles. The standard InChI is InChI=1S/C12H17N5OS/c1-4-5-6-10-9(7-18)13-16-17(10)12-15-14-11(19-12)8(2)3/h7-8H,4-6H2,1-3H3. The molecule has 2 rings (SSSR count). The molecule has 2 aromatic heterocycles. The van der Waals surface area contributed by atoms with Crippen molar-refractivity contribution in [2.24, 2.45) is 0 Å². The summed E-state index contributed by atoms with van der Waals surface area (Å²) in [7, 11) is 0. The summed E-state index contributed by atoms with van der Waals surface area (Å²) < 4.78 is 1.64. The molecular formula is C12H17N5OS. The van der Waals surface area contributed by atoms with Gasteiger partial charge in [0.05, 0.1) is 5.69 Å². The average molecular weight is 279 g/mol. The molecule has 2 aromatic rings. The van der Waals surface area contributed by atoms with Crippen molar-refractivity contribution in [1.29, 1.82) is 0 Å². The van der Waals surface area contributed by atoms with E-state index in [1.807, 2.05) is 0 Å². The van der Waals surface area contributed by atoms with Crippen LogP contribution in [0.1, 0.15) is 60.7 Å². The minimum Gasteiger partial charge on any atom is -0.296 e. The molecule has 0 aliphatic rings. The molecular weight excluding hydrogens is 262 g/mol. The van der Waals surface area contributed by atoms with Crippen molar-refractivity contribution < 1.29 is 4.79 Å². The third kappa shape index (κ3) is 2.86. The van der Waals surface area contributed by atoms with Gasteiger partial charge in [0.25, 0.3) is 0 Å². The van der Waals surface area contributed by atoms with Gasteiger partial charge in [0.1, 0.15) is 10.7 Å². The molecule has 0 N–H and O–H groups in total. The predicted octanol–water partition coefficient (Wildman–Crippen LogP) is 2.40. The number of rotatable bonds is 6. The van der Waals surface area contributed by atoms with E-state index in [0.29, 0.717) is 16.7 Å². The first-order valence-corrected chi connectivity index (χ1v) is 7.22. The first-order chi connectivity index (χ1) is 9.17. The monoisotopic (exact) mass is 279 g/mol. The summed E-state index contributed by atoms with van der Waals surface area (Å²) in [5, 5.41) is 17.8. The van der Waals surface area contributed by atoms with Crippen molar-refractivity contribution in [2.75, 3.05) is 0 Å². The summed E-state index contributed by atoms with van der Waals surface area (Å²) in [6, 6.07) is 0. The van der Waals surface area contributed by atoms with Gasteiger partial charge in [0, 0.05) is 5.92 Å². The van der Waals surface area contributed by atoms with Gasteiger partial charge in [-0.3, -0.25) is 4.79 Å². The highest BCUT2D eigenvalue weighted by Crippen LogP contribution is 2.23. The smallest absolute Gasteiger partial charge is 0.234 e. The number of aldehydes is 1. The maximum Gasteiger partial charge on any atom is 0.234 e. The summed E-state index contributed by atoms with van der Waals surface area (Å²) in [4.78, 5) is 11.0. The first kappa shape index (κ1) is 13.8. The van der Waals surface area contributed by atoms with Gasteiger partial charge in [-0.1, -0.05) is 43.7 Å². The number of aromatic nitrogens is 5. The number of carbonyl (C=O) groups excluding carboxylic acids is 1. The zero-order valence-corrected chi connectivity index (χ0v) is 12.1. The maximum atomic E-state index is 11.0. The topological polar surface area (TPSA) is 73.6 Å². The summed E-state index contributed by atoms with van der Waals surface area (Å²) in [6.45, 7) is 6.25. The van der Waals surface area contributed by atoms with E-state index in [2.05, 4.69) is 41.3 Å². The van der Waals surface area contributed by atoms with Crippen molar-refractivity contribution in [1.82, 2.24) is 25.2 Å². The zero-order valence-electron chi connectivity index (χ0n) is 11.3. The van der Waals surface area contributed by atoms with Crippen LogP contribution in [-0.2, 0) is 6.42 Å². The van der Waals surface area contributed by atoms with Gasteiger partial charge in [-0.2, -0.15) is 4.68 Å². The second kappa shape index (κ2) is 6.01. The molecule has 0 aliphatic heterocycles. The SMILES string of the molecule is CCCCc1c(C=O)nnn1-c1nnc(C(C)C)s1. The van der Waals surface area contributed by atoms with Crippen LogP contribution in [0.3, 0.4) is 0 Å². The van der Waals surface area contributed by atoms with E-state index < -0.39 is 0 Å². The highest BCUT2D eigenvalue weighted by Gasteiger charge is 2.17. The Morgan fingerprint density at radius 2 is 2.11 bits per heavy atom. The molecule has 0 amide bonds. The fourth-order valence-electron chi connectivity index (χ4n) is 1.68. The Kier molecular flexibility index (Phi) is 4.36. The summed E-state index contributed by atoms with van der Waals surface area (Å²) in [6.07, 6.45) is 3.56. The van der Waals surface area contributed by atoms with Gasteiger partial charge in [0.15, 0.2) is 6.29 Å².